The Labute approximate surface area is 126 Å². The van der Waals surface area contributed by atoms with Gasteiger partial charge in [0.05, 0.1) is 0 Å². The second kappa shape index (κ2) is 5.19. The molecule has 0 fully saturated rings. The monoisotopic (exact) mass is 282 g/mol. The van der Waals surface area contributed by atoms with Gasteiger partial charge in [-0.05, 0) is 37.0 Å². The van der Waals surface area contributed by atoms with Crippen LogP contribution in [0.2, 0.25) is 0 Å². The number of para-hydroxylation sites is 1. The van der Waals surface area contributed by atoms with Crippen LogP contribution >= 0.6 is 0 Å². The molecule has 0 aliphatic carbocycles. The SMILES string of the molecule is CCc1cccc(C(O)c2cccc3c2OC(C)(C)C3)c1. The van der Waals surface area contributed by atoms with Gasteiger partial charge >= 0.3 is 0 Å². The fraction of sp³-hybridized carbons (Fsp3) is 0.368. The molecule has 0 saturated carbocycles. The van der Waals surface area contributed by atoms with Crippen LogP contribution in [0.4, 0.5) is 0 Å². The van der Waals surface area contributed by atoms with E-state index in [0.29, 0.717) is 0 Å². The maximum atomic E-state index is 10.8. The number of hydrogen-bond acceptors (Lipinski definition) is 2. The van der Waals surface area contributed by atoms with E-state index in [2.05, 4.69) is 39.0 Å². The van der Waals surface area contributed by atoms with Crippen LogP contribution in [0.25, 0.3) is 0 Å². The largest absolute Gasteiger partial charge is 0.487 e. The quantitative estimate of drug-likeness (QED) is 0.920. The van der Waals surface area contributed by atoms with Crippen LogP contribution in [0.15, 0.2) is 42.5 Å². The molecule has 1 aliphatic heterocycles. The Morgan fingerprint density at radius 3 is 2.71 bits per heavy atom. The van der Waals surface area contributed by atoms with Crippen molar-refractivity contribution in [3.8, 4) is 5.75 Å². The number of benzene rings is 2. The number of fused-ring (bicyclic) bond motifs is 1. The Hall–Kier alpha value is -1.80. The zero-order valence-electron chi connectivity index (χ0n) is 12.9. The van der Waals surface area contributed by atoms with Gasteiger partial charge in [-0.25, -0.2) is 0 Å². The number of hydrogen-bond donors (Lipinski definition) is 1. The lowest BCUT2D eigenvalue weighted by Crippen LogP contribution is -2.25. The minimum Gasteiger partial charge on any atom is -0.487 e. The number of ether oxygens (including phenoxy) is 1. The topological polar surface area (TPSA) is 29.5 Å². The summed E-state index contributed by atoms with van der Waals surface area (Å²) in [5.41, 5.74) is 4.02. The zero-order valence-corrected chi connectivity index (χ0v) is 12.9. The molecule has 110 valence electrons. The van der Waals surface area contributed by atoms with Gasteiger partial charge in [-0.3, -0.25) is 0 Å². The molecule has 0 aromatic heterocycles. The first-order chi connectivity index (χ1) is 10.00. The zero-order chi connectivity index (χ0) is 15.0. The molecule has 1 atom stereocenters. The van der Waals surface area contributed by atoms with Crippen molar-refractivity contribution in [1.82, 2.24) is 0 Å². The van der Waals surface area contributed by atoms with E-state index in [9.17, 15) is 5.11 Å². The second-order valence-corrected chi connectivity index (χ2v) is 6.38. The third kappa shape index (κ3) is 2.68. The Bertz CT molecular complexity index is 658. The lowest BCUT2D eigenvalue weighted by Gasteiger charge is -2.20. The number of aryl methyl sites for hydroxylation is 1. The fourth-order valence-corrected chi connectivity index (χ4v) is 3.02. The van der Waals surface area contributed by atoms with Gasteiger partial charge < -0.3 is 9.84 Å². The molecule has 2 aromatic carbocycles. The van der Waals surface area contributed by atoms with E-state index in [0.717, 1.165) is 29.7 Å². The highest BCUT2D eigenvalue weighted by Crippen LogP contribution is 2.41. The van der Waals surface area contributed by atoms with Gasteiger partial charge in [0.2, 0.25) is 0 Å². The van der Waals surface area contributed by atoms with Crippen LogP contribution in [-0.4, -0.2) is 10.7 Å². The molecule has 1 N–H and O–H groups in total. The van der Waals surface area contributed by atoms with E-state index in [1.165, 1.54) is 11.1 Å². The number of aliphatic hydroxyl groups is 1. The lowest BCUT2D eigenvalue weighted by atomic mass is 9.95. The summed E-state index contributed by atoms with van der Waals surface area (Å²) in [5, 5.41) is 10.8. The molecule has 2 nitrogen and oxygen atoms in total. The third-order valence-electron chi connectivity index (χ3n) is 4.09. The molecule has 21 heavy (non-hydrogen) atoms. The van der Waals surface area contributed by atoms with E-state index in [1.807, 2.05) is 24.3 Å². The van der Waals surface area contributed by atoms with E-state index in [-0.39, 0.29) is 5.60 Å². The normalized spacial score (nSPS) is 17.1. The van der Waals surface area contributed by atoms with E-state index < -0.39 is 6.10 Å². The molecule has 0 radical (unpaired) electrons. The van der Waals surface area contributed by atoms with Crippen molar-refractivity contribution in [1.29, 1.82) is 0 Å². The first-order valence-corrected chi connectivity index (χ1v) is 7.58. The van der Waals surface area contributed by atoms with Gasteiger partial charge in [0.15, 0.2) is 0 Å². The molecule has 1 aliphatic rings. The van der Waals surface area contributed by atoms with E-state index in [4.69, 9.17) is 4.74 Å². The van der Waals surface area contributed by atoms with Crippen molar-refractivity contribution in [3.63, 3.8) is 0 Å². The first-order valence-electron chi connectivity index (χ1n) is 7.58. The first kappa shape index (κ1) is 14.2. The second-order valence-electron chi connectivity index (χ2n) is 6.38. The maximum absolute atomic E-state index is 10.8. The minimum absolute atomic E-state index is 0.191. The van der Waals surface area contributed by atoms with Crippen molar-refractivity contribution in [2.45, 2.75) is 45.3 Å². The van der Waals surface area contributed by atoms with Gasteiger partial charge in [-0.2, -0.15) is 0 Å². The molecular weight excluding hydrogens is 260 g/mol. The predicted octanol–water partition coefficient (Wildman–Crippen LogP) is 4.04. The van der Waals surface area contributed by atoms with Gasteiger partial charge in [0, 0.05) is 12.0 Å². The van der Waals surface area contributed by atoms with Crippen LogP contribution in [0.5, 0.6) is 5.75 Å². The van der Waals surface area contributed by atoms with Crippen molar-refractivity contribution in [3.05, 3.63) is 64.7 Å². The summed E-state index contributed by atoms with van der Waals surface area (Å²) in [5.74, 6) is 0.858. The van der Waals surface area contributed by atoms with Crippen molar-refractivity contribution >= 4 is 0 Å². The van der Waals surface area contributed by atoms with E-state index in [1.54, 1.807) is 0 Å². The summed E-state index contributed by atoms with van der Waals surface area (Å²) in [7, 11) is 0. The number of rotatable bonds is 3. The van der Waals surface area contributed by atoms with E-state index >= 15 is 0 Å². The average Bonchev–Trinajstić information content (AvgIpc) is 2.80. The van der Waals surface area contributed by atoms with Gasteiger partial charge in [0.1, 0.15) is 17.5 Å². The van der Waals surface area contributed by atoms with Gasteiger partial charge in [-0.15, -0.1) is 0 Å². The summed E-state index contributed by atoms with van der Waals surface area (Å²) in [6.45, 7) is 6.29. The fourth-order valence-electron chi connectivity index (χ4n) is 3.02. The van der Waals surface area contributed by atoms with Crippen molar-refractivity contribution < 1.29 is 9.84 Å². The Morgan fingerprint density at radius 2 is 1.95 bits per heavy atom. The molecule has 1 unspecified atom stereocenters. The summed E-state index contributed by atoms with van der Waals surface area (Å²) < 4.78 is 6.06. The number of aliphatic hydroxyl groups excluding tert-OH is 1. The highest BCUT2D eigenvalue weighted by molar-refractivity contribution is 5.49. The lowest BCUT2D eigenvalue weighted by molar-refractivity contribution is 0.131. The van der Waals surface area contributed by atoms with Crippen molar-refractivity contribution in [2.75, 3.05) is 0 Å². The predicted molar refractivity (Wildman–Crippen MR) is 84.7 cm³/mol. The Kier molecular flexibility index (Phi) is 3.50. The summed E-state index contributed by atoms with van der Waals surface area (Å²) in [6, 6.07) is 14.2. The standard InChI is InChI=1S/C19H22O2/c1-4-13-7-5-8-14(11-13)17(20)16-10-6-9-15-12-19(2,3)21-18(15)16/h5-11,17,20H,4,12H2,1-3H3. The maximum Gasteiger partial charge on any atom is 0.129 e. The van der Waals surface area contributed by atoms with Crippen LogP contribution in [0.1, 0.15) is 49.1 Å². The molecule has 0 bridgehead atoms. The molecule has 1 heterocycles. The molecule has 2 aromatic rings. The molecular formula is C19H22O2. The smallest absolute Gasteiger partial charge is 0.129 e. The molecule has 0 spiro atoms. The van der Waals surface area contributed by atoms with Gasteiger partial charge in [0.25, 0.3) is 0 Å². The highest BCUT2D eigenvalue weighted by Gasteiger charge is 2.33. The van der Waals surface area contributed by atoms with Crippen LogP contribution in [0, 0.1) is 0 Å². The summed E-state index contributed by atoms with van der Waals surface area (Å²) in [6.07, 6.45) is 1.22. The van der Waals surface area contributed by atoms with Crippen molar-refractivity contribution in [2.24, 2.45) is 0 Å². The van der Waals surface area contributed by atoms with Crippen LogP contribution < -0.4 is 4.74 Å². The Balaban J connectivity index is 2.00. The highest BCUT2D eigenvalue weighted by atomic mass is 16.5. The van der Waals surface area contributed by atoms with Gasteiger partial charge in [-0.1, -0.05) is 49.4 Å². The molecule has 2 heteroatoms. The Morgan fingerprint density at radius 1 is 1.19 bits per heavy atom. The van der Waals surface area contributed by atoms with Crippen LogP contribution in [0.3, 0.4) is 0 Å². The van der Waals surface area contributed by atoms with Crippen LogP contribution in [-0.2, 0) is 12.8 Å². The average molecular weight is 282 g/mol. The molecule has 0 amide bonds. The third-order valence-corrected chi connectivity index (χ3v) is 4.09. The summed E-state index contributed by atoms with van der Waals surface area (Å²) >= 11 is 0. The molecule has 0 saturated heterocycles. The molecule has 3 rings (SSSR count). The summed E-state index contributed by atoms with van der Waals surface area (Å²) in [4.78, 5) is 0. The minimum atomic E-state index is -0.639.